The van der Waals surface area contributed by atoms with Gasteiger partial charge in [-0.25, -0.2) is 0 Å². The molecule has 2 rings (SSSR count). The van der Waals surface area contributed by atoms with Crippen LogP contribution in [0.2, 0.25) is 0 Å². The Labute approximate surface area is 96.9 Å². The molecule has 15 heavy (non-hydrogen) atoms. The van der Waals surface area contributed by atoms with Gasteiger partial charge in [-0.1, -0.05) is 20.8 Å². The number of rotatable bonds is 3. The zero-order chi connectivity index (χ0) is 10.9. The number of nitrogens with one attached hydrogen (secondary N) is 1. The molecular weight excluding hydrogens is 202 g/mol. The van der Waals surface area contributed by atoms with Gasteiger partial charge in [0.15, 0.2) is 0 Å². The lowest BCUT2D eigenvalue weighted by Crippen LogP contribution is -2.25. The van der Waals surface area contributed by atoms with Crippen LogP contribution >= 0.6 is 11.3 Å². The van der Waals surface area contributed by atoms with E-state index >= 15 is 0 Å². The van der Waals surface area contributed by atoms with Crippen molar-refractivity contribution in [3.63, 3.8) is 0 Å². The van der Waals surface area contributed by atoms with Gasteiger partial charge >= 0.3 is 0 Å². The normalized spacial score (nSPS) is 18.9. The fourth-order valence-corrected chi connectivity index (χ4v) is 3.91. The third-order valence-corrected chi connectivity index (χ3v) is 4.49. The maximum atomic E-state index is 3.45. The molecular formula is C13H21NS. The van der Waals surface area contributed by atoms with Gasteiger partial charge in [0.05, 0.1) is 0 Å². The van der Waals surface area contributed by atoms with Crippen LogP contribution in [0.3, 0.4) is 0 Å². The van der Waals surface area contributed by atoms with Gasteiger partial charge in [0.2, 0.25) is 0 Å². The number of fused-ring (bicyclic) bond motifs is 1. The minimum Gasteiger partial charge on any atom is -0.313 e. The lowest BCUT2D eigenvalue weighted by molar-refractivity contribution is 0.431. The minimum absolute atomic E-state index is 0.401. The molecule has 0 aromatic carbocycles. The monoisotopic (exact) mass is 223 g/mol. The van der Waals surface area contributed by atoms with Crippen molar-refractivity contribution in [3.05, 3.63) is 21.4 Å². The van der Waals surface area contributed by atoms with E-state index in [9.17, 15) is 0 Å². The molecule has 1 aromatic heterocycles. The molecule has 1 nitrogen and oxygen atoms in total. The summed E-state index contributed by atoms with van der Waals surface area (Å²) in [4.78, 5) is 1.64. The van der Waals surface area contributed by atoms with Crippen LogP contribution in [0.25, 0.3) is 0 Å². The number of aryl methyl sites for hydroxylation is 1. The summed E-state index contributed by atoms with van der Waals surface area (Å²) in [5, 5.41) is 5.81. The number of hydrogen-bond donors (Lipinski definition) is 1. The molecule has 0 aliphatic heterocycles. The summed E-state index contributed by atoms with van der Waals surface area (Å²) in [6, 6.07) is 0. The lowest BCUT2D eigenvalue weighted by Gasteiger charge is -2.31. The highest BCUT2D eigenvalue weighted by molar-refractivity contribution is 7.10. The molecule has 0 unspecified atom stereocenters. The molecule has 1 heterocycles. The Bertz CT molecular complexity index is 338. The van der Waals surface area contributed by atoms with Crippen LogP contribution < -0.4 is 5.32 Å². The van der Waals surface area contributed by atoms with Gasteiger partial charge in [-0.2, -0.15) is 0 Å². The number of thiophene rings is 1. The van der Waals surface area contributed by atoms with Crippen LogP contribution in [0.1, 0.15) is 49.6 Å². The Morgan fingerprint density at radius 2 is 2.27 bits per heavy atom. The highest BCUT2D eigenvalue weighted by Gasteiger charge is 2.30. The van der Waals surface area contributed by atoms with E-state index in [1.165, 1.54) is 19.3 Å². The first-order valence-electron chi connectivity index (χ1n) is 5.95. The fraction of sp³-hybridized carbons (Fsp3) is 0.692. The van der Waals surface area contributed by atoms with E-state index in [1.54, 1.807) is 16.0 Å². The second-order valence-electron chi connectivity index (χ2n) is 5.08. The Kier molecular flexibility index (Phi) is 3.17. The summed E-state index contributed by atoms with van der Waals surface area (Å²) >= 11 is 1.96. The van der Waals surface area contributed by atoms with Crippen molar-refractivity contribution in [2.75, 3.05) is 6.54 Å². The van der Waals surface area contributed by atoms with E-state index in [0.717, 1.165) is 13.1 Å². The lowest BCUT2D eigenvalue weighted by atomic mass is 9.74. The molecule has 1 aliphatic rings. The van der Waals surface area contributed by atoms with Gasteiger partial charge in [0.25, 0.3) is 0 Å². The molecule has 0 fully saturated rings. The van der Waals surface area contributed by atoms with E-state index in [-0.39, 0.29) is 0 Å². The molecule has 0 saturated heterocycles. The van der Waals surface area contributed by atoms with Gasteiger partial charge in [-0.15, -0.1) is 11.3 Å². The maximum absolute atomic E-state index is 3.45. The molecule has 2 heteroatoms. The molecule has 0 atom stereocenters. The first-order chi connectivity index (χ1) is 7.15. The summed E-state index contributed by atoms with van der Waals surface area (Å²) in [5.41, 5.74) is 3.60. The second-order valence-corrected chi connectivity index (χ2v) is 6.04. The van der Waals surface area contributed by atoms with E-state index < -0.39 is 0 Å². The molecule has 0 spiro atoms. The van der Waals surface area contributed by atoms with Crippen LogP contribution in [-0.4, -0.2) is 6.54 Å². The van der Waals surface area contributed by atoms with Crippen LogP contribution in [0.4, 0.5) is 0 Å². The molecule has 0 saturated carbocycles. The highest BCUT2D eigenvalue weighted by Crippen LogP contribution is 2.41. The average molecular weight is 223 g/mol. The molecule has 1 N–H and O–H groups in total. The van der Waals surface area contributed by atoms with Gasteiger partial charge in [0.1, 0.15) is 0 Å². The highest BCUT2D eigenvalue weighted by atomic mass is 32.1. The summed E-state index contributed by atoms with van der Waals surface area (Å²) in [6.07, 6.45) is 4.01. The van der Waals surface area contributed by atoms with Gasteiger partial charge in [0, 0.05) is 11.4 Å². The Morgan fingerprint density at radius 1 is 1.47 bits per heavy atom. The first kappa shape index (κ1) is 11.2. The molecule has 84 valence electrons. The van der Waals surface area contributed by atoms with Gasteiger partial charge in [-0.3, -0.25) is 0 Å². The summed E-state index contributed by atoms with van der Waals surface area (Å²) in [6.45, 7) is 9.07. The van der Waals surface area contributed by atoms with Crippen molar-refractivity contribution in [2.24, 2.45) is 0 Å². The summed E-state index contributed by atoms with van der Waals surface area (Å²) < 4.78 is 0. The van der Waals surface area contributed by atoms with Crippen LogP contribution in [0.5, 0.6) is 0 Å². The molecule has 1 aliphatic carbocycles. The molecule has 1 aromatic rings. The average Bonchev–Trinajstić information content (AvgIpc) is 2.59. The SMILES string of the molecule is CCNCc1csc2c1C(C)(C)CCC2. The van der Waals surface area contributed by atoms with Crippen LogP contribution in [0, 0.1) is 0 Å². The van der Waals surface area contributed by atoms with Crippen molar-refractivity contribution >= 4 is 11.3 Å². The third kappa shape index (κ3) is 2.11. The Morgan fingerprint density at radius 3 is 3.00 bits per heavy atom. The summed E-state index contributed by atoms with van der Waals surface area (Å²) in [7, 11) is 0. The van der Waals surface area contributed by atoms with E-state index in [1.807, 2.05) is 11.3 Å². The zero-order valence-corrected chi connectivity index (χ0v) is 10.8. The van der Waals surface area contributed by atoms with E-state index in [0.29, 0.717) is 5.41 Å². The first-order valence-corrected chi connectivity index (χ1v) is 6.83. The molecule has 0 radical (unpaired) electrons. The third-order valence-electron chi connectivity index (χ3n) is 3.39. The zero-order valence-electron chi connectivity index (χ0n) is 10.0. The van der Waals surface area contributed by atoms with Crippen molar-refractivity contribution in [1.82, 2.24) is 5.32 Å². The van der Waals surface area contributed by atoms with Crippen LogP contribution in [-0.2, 0) is 18.4 Å². The largest absolute Gasteiger partial charge is 0.313 e. The second kappa shape index (κ2) is 4.26. The van der Waals surface area contributed by atoms with Gasteiger partial charge < -0.3 is 5.32 Å². The van der Waals surface area contributed by atoms with Crippen molar-refractivity contribution < 1.29 is 0 Å². The Hall–Kier alpha value is -0.340. The summed E-state index contributed by atoms with van der Waals surface area (Å²) in [5.74, 6) is 0. The molecule has 0 amide bonds. The van der Waals surface area contributed by atoms with Crippen molar-refractivity contribution in [1.29, 1.82) is 0 Å². The van der Waals surface area contributed by atoms with Crippen molar-refractivity contribution in [3.8, 4) is 0 Å². The minimum atomic E-state index is 0.401. The van der Waals surface area contributed by atoms with Gasteiger partial charge in [-0.05, 0) is 47.7 Å². The Balaban J connectivity index is 2.30. The van der Waals surface area contributed by atoms with Crippen molar-refractivity contribution in [2.45, 2.75) is 52.0 Å². The van der Waals surface area contributed by atoms with Crippen LogP contribution in [0.15, 0.2) is 5.38 Å². The topological polar surface area (TPSA) is 12.0 Å². The van der Waals surface area contributed by atoms with E-state index in [2.05, 4.69) is 31.5 Å². The van der Waals surface area contributed by atoms with E-state index in [4.69, 9.17) is 0 Å². The maximum Gasteiger partial charge on any atom is 0.0216 e. The quantitative estimate of drug-likeness (QED) is 0.827. The molecule has 0 bridgehead atoms. The number of hydrogen-bond acceptors (Lipinski definition) is 2. The predicted octanol–water partition coefficient (Wildman–Crippen LogP) is 3.47. The fourth-order valence-electron chi connectivity index (χ4n) is 2.64. The predicted molar refractivity (Wildman–Crippen MR) is 67.7 cm³/mol. The standard InChI is InChI=1S/C13H21NS/c1-4-14-8-10-9-15-11-6-5-7-13(2,3)12(10)11/h9,14H,4-8H2,1-3H3. The smallest absolute Gasteiger partial charge is 0.0216 e.